The smallest absolute Gasteiger partial charge is 0.241 e. The van der Waals surface area contributed by atoms with Crippen LogP contribution in [-0.2, 0) is 4.79 Å². The summed E-state index contributed by atoms with van der Waals surface area (Å²) in [7, 11) is 0. The molecule has 1 aliphatic heterocycles. The molecule has 1 aliphatic rings. The summed E-state index contributed by atoms with van der Waals surface area (Å²) in [5.74, 6) is -0.115. The summed E-state index contributed by atoms with van der Waals surface area (Å²) >= 11 is 5.90. The zero-order chi connectivity index (χ0) is 14.7. The highest BCUT2D eigenvalue weighted by molar-refractivity contribution is 6.31. The molecule has 0 bridgehead atoms. The van der Waals surface area contributed by atoms with E-state index in [1.165, 1.54) is 0 Å². The van der Waals surface area contributed by atoms with Crippen LogP contribution in [0, 0.1) is 0 Å². The predicted molar refractivity (Wildman–Crippen MR) is 80.8 cm³/mol. The molecule has 0 radical (unpaired) electrons. The van der Waals surface area contributed by atoms with Crippen molar-refractivity contribution in [2.75, 3.05) is 24.1 Å². The van der Waals surface area contributed by atoms with E-state index in [2.05, 4.69) is 10.2 Å². The summed E-state index contributed by atoms with van der Waals surface area (Å²) in [6.45, 7) is 3.30. The van der Waals surface area contributed by atoms with Crippen molar-refractivity contribution in [2.24, 2.45) is 0 Å². The van der Waals surface area contributed by atoms with Gasteiger partial charge in [0.2, 0.25) is 5.91 Å². The van der Waals surface area contributed by atoms with Gasteiger partial charge in [0.05, 0.1) is 23.5 Å². The van der Waals surface area contributed by atoms with E-state index in [-0.39, 0.29) is 18.1 Å². The van der Waals surface area contributed by atoms with E-state index in [1.54, 1.807) is 18.2 Å². The monoisotopic (exact) mass is 297 g/mol. The molecule has 1 aromatic carbocycles. The Morgan fingerprint density at radius 3 is 2.80 bits per heavy atom. The van der Waals surface area contributed by atoms with Gasteiger partial charge in [0.15, 0.2) is 0 Å². The maximum absolute atomic E-state index is 12.2. The van der Waals surface area contributed by atoms with Crippen LogP contribution in [-0.4, -0.2) is 41.1 Å². The summed E-state index contributed by atoms with van der Waals surface area (Å²) in [6, 6.07) is 4.73. The van der Waals surface area contributed by atoms with Crippen molar-refractivity contribution in [2.45, 2.75) is 31.9 Å². The van der Waals surface area contributed by atoms with Crippen molar-refractivity contribution >= 4 is 28.9 Å². The van der Waals surface area contributed by atoms with E-state index < -0.39 is 0 Å². The maximum Gasteiger partial charge on any atom is 0.241 e. The first-order valence-corrected chi connectivity index (χ1v) is 7.13. The van der Waals surface area contributed by atoms with Crippen molar-refractivity contribution in [1.82, 2.24) is 4.90 Å². The first-order valence-electron chi connectivity index (χ1n) is 6.75. The first-order chi connectivity index (χ1) is 9.47. The number of carbonyl (C=O) groups is 1. The maximum atomic E-state index is 12.2. The van der Waals surface area contributed by atoms with E-state index in [1.807, 2.05) is 6.92 Å². The Kier molecular flexibility index (Phi) is 4.86. The number of benzene rings is 1. The number of hydrogen-bond donors (Lipinski definition) is 3. The van der Waals surface area contributed by atoms with Gasteiger partial charge < -0.3 is 16.2 Å². The molecular weight excluding hydrogens is 278 g/mol. The number of aliphatic hydroxyl groups is 1. The quantitative estimate of drug-likeness (QED) is 0.742. The molecule has 1 aromatic rings. The van der Waals surface area contributed by atoms with Crippen LogP contribution in [0.3, 0.4) is 0 Å². The van der Waals surface area contributed by atoms with E-state index in [0.717, 1.165) is 13.1 Å². The van der Waals surface area contributed by atoms with Crippen LogP contribution in [0.2, 0.25) is 5.02 Å². The molecule has 6 heteroatoms. The second kappa shape index (κ2) is 6.43. The fraction of sp³-hybridized carbons (Fsp3) is 0.500. The number of nitrogens with one attached hydrogen (secondary N) is 1. The molecule has 110 valence electrons. The molecule has 5 nitrogen and oxygen atoms in total. The summed E-state index contributed by atoms with van der Waals surface area (Å²) in [6.07, 6.45) is 1.17. The van der Waals surface area contributed by atoms with Gasteiger partial charge in [0.1, 0.15) is 0 Å². The molecule has 2 rings (SSSR count). The molecule has 1 heterocycles. The van der Waals surface area contributed by atoms with Gasteiger partial charge in [-0.05, 0) is 38.0 Å². The van der Waals surface area contributed by atoms with E-state index in [9.17, 15) is 9.90 Å². The molecule has 0 aliphatic carbocycles. The minimum atomic E-state index is -0.263. The van der Waals surface area contributed by atoms with Gasteiger partial charge in [0, 0.05) is 18.1 Å². The minimum Gasteiger partial charge on any atom is -0.397 e. The van der Waals surface area contributed by atoms with Crippen molar-refractivity contribution in [3.05, 3.63) is 23.2 Å². The molecular formula is C14H20ClN3O2. The molecule has 1 atom stereocenters. The lowest BCUT2D eigenvalue weighted by atomic mass is 10.1. The third-order valence-corrected chi connectivity index (χ3v) is 3.93. The highest BCUT2D eigenvalue weighted by atomic mass is 35.5. The molecule has 1 saturated heterocycles. The van der Waals surface area contributed by atoms with E-state index >= 15 is 0 Å². The number of rotatable bonds is 3. The Balaban J connectivity index is 1.99. The summed E-state index contributed by atoms with van der Waals surface area (Å²) in [4.78, 5) is 14.3. The van der Waals surface area contributed by atoms with Gasteiger partial charge >= 0.3 is 0 Å². The molecule has 1 unspecified atom stereocenters. The number of carbonyl (C=O) groups excluding carboxylic acids is 1. The zero-order valence-corrected chi connectivity index (χ0v) is 12.2. The van der Waals surface area contributed by atoms with Gasteiger partial charge in [-0.1, -0.05) is 11.6 Å². The number of aliphatic hydroxyl groups excluding tert-OH is 1. The molecule has 1 fully saturated rings. The topological polar surface area (TPSA) is 78.6 Å². The predicted octanol–water partition coefficient (Wildman–Crippen LogP) is 1.71. The minimum absolute atomic E-state index is 0.115. The van der Waals surface area contributed by atoms with Crippen molar-refractivity contribution in [3.8, 4) is 0 Å². The number of anilines is 2. The fourth-order valence-corrected chi connectivity index (χ4v) is 2.48. The van der Waals surface area contributed by atoms with E-state index in [4.69, 9.17) is 17.3 Å². The van der Waals surface area contributed by atoms with E-state index in [0.29, 0.717) is 29.2 Å². The zero-order valence-electron chi connectivity index (χ0n) is 11.5. The van der Waals surface area contributed by atoms with Crippen LogP contribution >= 0.6 is 11.6 Å². The highest BCUT2D eigenvalue weighted by Crippen LogP contribution is 2.23. The van der Waals surface area contributed by atoms with Crippen LogP contribution in [0.5, 0.6) is 0 Å². The van der Waals surface area contributed by atoms with Crippen LogP contribution in [0.25, 0.3) is 0 Å². The Hall–Kier alpha value is -1.30. The number of nitrogen functional groups attached to an aromatic ring is 1. The highest BCUT2D eigenvalue weighted by Gasteiger charge is 2.26. The number of piperidine rings is 1. The Labute approximate surface area is 123 Å². The number of hydrogen-bond acceptors (Lipinski definition) is 4. The second-order valence-corrected chi connectivity index (χ2v) is 5.60. The van der Waals surface area contributed by atoms with Crippen molar-refractivity contribution in [3.63, 3.8) is 0 Å². The summed E-state index contributed by atoms with van der Waals surface area (Å²) < 4.78 is 0. The second-order valence-electron chi connectivity index (χ2n) is 5.16. The molecule has 1 amide bonds. The first kappa shape index (κ1) is 15.1. The summed E-state index contributed by atoms with van der Waals surface area (Å²) in [5.41, 5.74) is 6.84. The van der Waals surface area contributed by atoms with Crippen molar-refractivity contribution < 1.29 is 9.90 Å². The largest absolute Gasteiger partial charge is 0.397 e. The molecule has 0 aromatic heterocycles. The van der Waals surface area contributed by atoms with Gasteiger partial charge in [-0.15, -0.1) is 0 Å². The molecule has 0 saturated carbocycles. The van der Waals surface area contributed by atoms with Gasteiger partial charge in [-0.25, -0.2) is 0 Å². The molecule has 0 spiro atoms. The Morgan fingerprint density at radius 1 is 1.50 bits per heavy atom. The van der Waals surface area contributed by atoms with Gasteiger partial charge in [-0.3, -0.25) is 9.69 Å². The molecule has 20 heavy (non-hydrogen) atoms. The van der Waals surface area contributed by atoms with Crippen molar-refractivity contribution in [1.29, 1.82) is 0 Å². The number of halogens is 1. The molecule has 4 N–H and O–H groups in total. The van der Waals surface area contributed by atoms with Gasteiger partial charge in [0.25, 0.3) is 0 Å². The Morgan fingerprint density at radius 2 is 2.15 bits per heavy atom. The lowest BCUT2D eigenvalue weighted by Crippen LogP contribution is -2.47. The van der Waals surface area contributed by atoms with Gasteiger partial charge in [-0.2, -0.15) is 0 Å². The third kappa shape index (κ3) is 3.62. The lowest BCUT2D eigenvalue weighted by Gasteiger charge is -2.33. The van der Waals surface area contributed by atoms with Crippen LogP contribution in [0.1, 0.15) is 19.8 Å². The Bertz CT molecular complexity index is 487. The number of likely N-dealkylation sites (tertiary alicyclic amines) is 1. The number of nitrogens with two attached hydrogens (primary N) is 1. The number of nitrogens with zero attached hydrogens (tertiary/aromatic N) is 1. The van der Waals surface area contributed by atoms with Crippen LogP contribution < -0.4 is 11.1 Å². The average Bonchev–Trinajstić information content (AvgIpc) is 2.43. The van der Waals surface area contributed by atoms with Crippen LogP contribution in [0.15, 0.2) is 18.2 Å². The average molecular weight is 298 g/mol. The lowest BCUT2D eigenvalue weighted by molar-refractivity contribution is -0.121. The van der Waals surface area contributed by atoms with Crippen LogP contribution in [0.4, 0.5) is 11.4 Å². The fourth-order valence-electron chi connectivity index (χ4n) is 2.31. The summed E-state index contributed by atoms with van der Waals surface area (Å²) in [5, 5.41) is 12.8. The normalized spacial score (nSPS) is 18.8. The SMILES string of the molecule is CC(C(=O)Nc1cc(Cl)ccc1N)N1CCC(O)CC1. The number of amides is 1. The standard InChI is InChI=1S/C14H20ClN3O2/c1-9(18-6-4-11(19)5-7-18)14(20)17-13-8-10(15)2-3-12(13)16/h2-3,8-9,11,19H,4-7,16H2,1H3,(H,17,20). The third-order valence-electron chi connectivity index (χ3n) is 3.70.